The number of carbonyl (C=O) groups excluding carboxylic acids is 1. The Morgan fingerprint density at radius 2 is 2.25 bits per heavy atom. The Balaban J connectivity index is 2.41. The van der Waals surface area contributed by atoms with E-state index in [9.17, 15) is 13.2 Å². The van der Waals surface area contributed by atoms with Gasteiger partial charge in [-0.15, -0.1) is 0 Å². The van der Waals surface area contributed by atoms with E-state index < -0.39 is 16.1 Å². The normalized spacial score (nSPS) is 20.6. The van der Waals surface area contributed by atoms with Gasteiger partial charge in [0.15, 0.2) is 0 Å². The molecule has 0 radical (unpaired) electrons. The Morgan fingerprint density at radius 1 is 1.50 bits per heavy atom. The van der Waals surface area contributed by atoms with Crippen molar-refractivity contribution in [1.29, 1.82) is 0 Å². The van der Waals surface area contributed by atoms with E-state index in [1.165, 1.54) is 29.7 Å². The van der Waals surface area contributed by atoms with Crippen molar-refractivity contribution in [2.45, 2.75) is 30.2 Å². The van der Waals surface area contributed by atoms with Gasteiger partial charge in [-0.2, -0.15) is 4.31 Å². The Morgan fingerprint density at radius 3 is 2.90 bits per heavy atom. The summed E-state index contributed by atoms with van der Waals surface area (Å²) in [5.74, 6) is -0.343. The second kappa shape index (κ2) is 5.76. The van der Waals surface area contributed by atoms with Gasteiger partial charge in [-0.05, 0) is 25.0 Å². The summed E-state index contributed by atoms with van der Waals surface area (Å²) in [6, 6.07) is 2.24. The number of hydrogen-bond donors (Lipinski definition) is 2. The predicted molar refractivity (Wildman–Crippen MR) is 74.2 cm³/mol. The lowest BCUT2D eigenvalue weighted by Crippen LogP contribution is -2.51. The van der Waals surface area contributed by atoms with Gasteiger partial charge >= 0.3 is 0 Å². The fraction of sp³-hybridized carbons (Fsp3) is 0.500. The van der Waals surface area contributed by atoms with Gasteiger partial charge in [0.05, 0.1) is 0 Å². The molecule has 1 unspecified atom stereocenters. The number of rotatable bonds is 3. The summed E-state index contributed by atoms with van der Waals surface area (Å²) in [4.78, 5) is 15.6. The molecule has 0 bridgehead atoms. The smallest absolute Gasteiger partial charge is 0.247 e. The van der Waals surface area contributed by atoms with Crippen molar-refractivity contribution in [2.75, 3.05) is 19.3 Å². The van der Waals surface area contributed by atoms with Crippen molar-refractivity contribution in [1.82, 2.24) is 14.6 Å². The van der Waals surface area contributed by atoms with Gasteiger partial charge in [-0.3, -0.25) is 4.79 Å². The molecule has 1 aliphatic heterocycles. The van der Waals surface area contributed by atoms with Crippen LogP contribution >= 0.6 is 0 Å². The van der Waals surface area contributed by atoms with E-state index in [2.05, 4.69) is 10.3 Å². The van der Waals surface area contributed by atoms with Gasteiger partial charge in [-0.25, -0.2) is 13.4 Å². The van der Waals surface area contributed by atoms with E-state index >= 15 is 0 Å². The van der Waals surface area contributed by atoms with Crippen LogP contribution in [0.4, 0.5) is 5.82 Å². The number of aromatic nitrogens is 1. The lowest BCUT2D eigenvalue weighted by Gasteiger charge is -2.33. The summed E-state index contributed by atoms with van der Waals surface area (Å²) in [5, 5.41) is 2.51. The fourth-order valence-electron chi connectivity index (χ4n) is 2.37. The molecule has 7 nitrogen and oxygen atoms in total. The van der Waals surface area contributed by atoms with Crippen LogP contribution in [0.3, 0.4) is 0 Å². The van der Waals surface area contributed by atoms with Crippen LogP contribution in [0.15, 0.2) is 23.2 Å². The molecule has 1 aromatic rings. The molecule has 110 valence electrons. The van der Waals surface area contributed by atoms with Crippen LogP contribution in [-0.4, -0.2) is 43.2 Å². The van der Waals surface area contributed by atoms with Crippen molar-refractivity contribution in [3.05, 3.63) is 18.3 Å². The van der Waals surface area contributed by atoms with Crippen LogP contribution in [0.5, 0.6) is 0 Å². The molecule has 1 amide bonds. The number of pyridine rings is 1. The number of nitrogens with zero attached hydrogens (tertiary/aromatic N) is 2. The lowest BCUT2D eigenvalue weighted by molar-refractivity contribution is -0.125. The average molecular weight is 298 g/mol. The van der Waals surface area contributed by atoms with E-state index in [1.807, 2.05) is 0 Å². The molecule has 0 saturated carbocycles. The highest BCUT2D eigenvalue weighted by molar-refractivity contribution is 7.89. The molecule has 20 heavy (non-hydrogen) atoms. The van der Waals surface area contributed by atoms with Crippen molar-refractivity contribution in [3.63, 3.8) is 0 Å². The fourth-order valence-corrected chi connectivity index (χ4v) is 4.09. The molecule has 2 rings (SSSR count). The molecular formula is C12H18N4O3S. The number of piperidine rings is 1. The average Bonchev–Trinajstić information content (AvgIpc) is 2.46. The molecule has 0 spiro atoms. The van der Waals surface area contributed by atoms with E-state index in [4.69, 9.17) is 5.73 Å². The number of amides is 1. The molecule has 2 heterocycles. The summed E-state index contributed by atoms with van der Waals surface area (Å²) in [6.45, 7) is 0.314. The second-order valence-corrected chi connectivity index (χ2v) is 6.49. The standard InChI is InChI=1S/C12H18N4O3S/c1-14-12(17)9-5-2-3-8-16(9)20(18,19)10-6-4-7-15-11(10)13/h4,6-7,9H,2-3,5,8H2,1H3,(H2,13,15)(H,14,17). The predicted octanol–water partition coefficient (Wildman–Crippen LogP) is -0.0470. The van der Waals surface area contributed by atoms with Crippen LogP contribution in [0.25, 0.3) is 0 Å². The largest absolute Gasteiger partial charge is 0.383 e. The highest BCUT2D eigenvalue weighted by Crippen LogP contribution is 2.27. The number of likely N-dealkylation sites (N-methyl/N-ethyl adjacent to an activating group) is 1. The summed E-state index contributed by atoms with van der Waals surface area (Å²) >= 11 is 0. The molecule has 1 atom stereocenters. The SMILES string of the molecule is CNC(=O)C1CCCCN1S(=O)(=O)c1cccnc1N. The number of sulfonamides is 1. The maximum Gasteiger partial charge on any atom is 0.247 e. The van der Waals surface area contributed by atoms with Crippen molar-refractivity contribution < 1.29 is 13.2 Å². The van der Waals surface area contributed by atoms with Crippen LogP contribution < -0.4 is 11.1 Å². The monoisotopic (exact) mass is 298 g/mol. The minimum atomic E-state index is -3.81. The van der Waals surface area contributed by atoms with Gasteiger partial charge in [0.1, 0.15) is 16.8 Å². The van der Waals surface area contributed by atoms with E-state index in [0.717, 1.165) is 12.8 Å². The third-order valence-corrected chi connectivity index (χ3v) is 5.34. The molecular weight excluding hydrogens is 280 g/mol. The molecule has 1 aromatic heterocycles. The first-order valence-corrected chi connectivity index (χ1v) is 7.86. The molecule has 0 aliphatic carbocycles. The molecule has 1 fully saturated rings. The van der Waals surface area contributed by atoms with Gasteiger partial charge in [0.25, 0.3) is 0 Å². The van der Waals surface area contributed by atoms with Gasteiger partial charge in [0.2, 0.25) is 15.9 Å². The highest BCUT2D eigenvalue weighted by Gasteiger charge is 2.38. The first kappa shape index (κ1) is 14.7. The Hall–Kier alpha value is -1.67. The minimum Gasteiger partial charge on any atom is -0.383 e. The summed E-state index contributed by atoms with van der Waals surface area (Å²) in [6.07, 6.45) is 3.50. The number of nitrogen functional groups attached to an aromatic ring is 1. The third kappa shape index (κ3) is 2.61. The van der Waals surface area contributed by atoms with Crippen LogP contribution in [-0.2, 0) is 14.8 Å². The first-order chi connectivity index (χ1) is 9.48. The number of hydrogen-bond acceptors (Lipinski definition) is 5. The number of carbonyl (C=O) groups is 1. The van der Waals surface area contributed by atoms with Gasteiger partial charge in [0, 0.05) is 19.8 Å². The van der Waals surface area contributed by atoms with E-state index in [1.54, 1.807) is 0 Å². The first-order valence-electron chi connectivity index (χ1n) is 6.42. The van der Waals surface area contributed by atoms with Crippen LogP contribution in [0, 0.1) is 0 Å². The maximum absolute atomic E-state index is 12.7. The van der Waals surface area contributed by atoms with Gasteiger partial charge < -0.3 is 11.1 Å². The molecule has 8 heteroatoms. The van der Waals surface area contributed by atoms with Crippen molar-refractivity contribution in [3.8, 4) is 0 Å². The third-order valence-electron chi connectivity index (χ3n) is 3.39. The maximum atomic E-state index is 12.7. The van der Waals surface area contributed by atoms with E-state index in [0.29, 0.717) is 13.0 Å². The molecule has 3 N–H and O–H groups in total. The van der Waals surface area contributed by atoms with Gasteiger partial charge in [-0.1, -0.05) is 6.42 Å². The number of nitrogens with one attached hydrogen (secondary N) is 1. The lowest BCUT2D eigenvalue weighted by atomic mass is 10.0. The zero-order chi connectivity index (χ0) is 14.8. The number of anilines is 1. The molecule has 1 saturated heterocycles. The topological polar surface area (TPSA) is 105 Å². The molecule has 1 aliphatic rings. The Labute approximate surface area is 118 Å². The number of nitrogens with two attached hydrogens (primary N) is 1. The minimum absolute atomic E-state index is 0.0456. The van der Waals surface area contributed by atoms with E-state index in [-0.39, 0.29) is 16.6 Å². The summed E-state index contributed by atoms with van der Waals surface area (Å²) in [7, 11) is -2.31. The highest BCUT2D eigenvalue weighted by atomic mass is 32.2. The van der Waals surface area contributed by atoms with Crippen LogP contribution in [0.1, 0.15) is 19.3 Å². The zero-order valence-corrected chi connectivity index (χ0v) is 12.1. The van der Waals surface area contributed by atoms with Crippen molar-refractivity contribution in [2.24, 2.45) is 0 Å². The quantitative estimate of drug-likeness (QED) is 0.814. The van der Waals surface area contributed by atoms with Crippen LogP contribution in [0.2, 0.25) is 0 Å². The molecule has 0 aromatic carbocycles. The summed E-state index contributed by atoms with van der Waals surface area (Å²) in [5.41, 5.74) is 5.65. The Kier molecular flexibility index (Phi) is 4.24. The van der Waals surface area contributed by atoms with Crippen molar-refractivity contribution >= 4 is 21.7 Å². The second-order valence-electron chi connectivity index (χ2n) is 4.63. The zero-order valence-electron chi connectivity index (χ0n) is 11.2. The summed E-state index contributed by atoms with van der Waals surface area (Å²) < 4.78 is 26.6. The Bertz CT molecular complexity index is 602.